The number of rotatable bonds is 4. The van der Waals surface area contributed by atoms with Crippen LogP contribution < -0.4 is 0 Å². The predicted molar refractivity (Wildman–Crippen MR) is 72.0 cm³/mol. The molecule has 0 saturated heterocycles. The average molecular weight is 293 g/mol. The molecule has 1 atom stereocenters. The van der Waals surface area contributed by atoms with Crippen molar-refractivity contribution in [2.75, 3.05) is 0 Å². The fourth-order valence-electron chi connectivity index (χ4n) is 2.00. The summed E-state index contributed by atoms with van der Waals surface area (Å²) >= 11 is 0. The van der Waals surface area contributed by atoms with Gasteiger partial charge >= 0.3 is 5.97 Å². The van der Waals surface area contributed by atoms with Gasteiger partial charge < -0.3 is 14.6 Å². The molecule has 0 fully saturated rings. The number of nitro benzene ring substituents is 1. The van der Waals surface area contributed by atoms with E-state index in [0.717, 1.165) is 0 Å². The predicted octanol–water partition coefficient (Wildman–Crippen LogP) is 2.21. The molecule has 2 rings (SSSR count). The van der Waals surface area contributed by atoms with E-state index < -0.39 is 22.8 Å². The topological polar surface area (TPSA) is 98.9 Å². The van der Waals surface area contributed by atoms with E-state index in [4.69, 9.17) is 9.47 Å². The second-order valence-electron chi connectivity index (χ2n) is 5.10. The molecule has 0 aromatic heterocycles. The van der Waals surface area contributed by atoms with E-state index in [1.54, 1.807) is 13.8 Å². The van der Waals surface area contributed by atoms with Crippen LogP contribution in [0.5, 0.6) is 0 Å². The van der Waals surface area contributed by atoms with Gasteiger partial charge in [0.05, 0.1) is 17.1 Å². The summed E-state index contributed by atoms with van der Waals surface area (Å²) < 4.78 is 10.4. The van der Waals surface area contributed by atoms with Crippen molar-refractivity contribution >= 4 is 11.7 Å². The molecule has 0 bridgehead atoms. The Bertz CT molecular complexity index is 590. The van der Waals surface area contributed by atoms with Gasteiger partial charge in [0.25, 0.3) is 5.69 Å². The van der Waals surface area contributed by atoms with Gasteiger partial charge in [-0.25, -0.2) is 4.79 Å². The third-order valence-electron chi connectivity index (χ3n) is 2.89. The second kappa shape index (κ2) is 5.53. The lowest BCUT2D eigenvalue weighted by Crippen LogP contribution is -2.34. The number of aliphatic hydroxyl groups excluding tert-OH is 1. The summed E-state index contributed by atoms with van der Waals surface area (Å²) in [6.45, 7) is 3.19. The number of carbonyl (C=O) groups is 1. The van der Waals surface area contributed by atoms with E-state index in [0.29, 0.717) is 11.3 Å². The van der Waals surface area contributed by atoms with Crippen LogP contribution in [-0.4, -0.2) is 21.8 Å². The molecular formula is C14H15NO6. The Morgan fingerprint density at radius 1 is 1.29 bits per heavy atom. The summed E-state index contributed by atoms with van der Waals surface area (Å²) in [6, 6.07) is 5.56. The van der Waals surface area contributed by atoms with Gasteiger partial charge in [-0.3, -0.25) is 10.1 Å². The van der Waals surface area contributed by atoms with Crippen LogP contribution in [0.3, 0.4) is 0 Å². The molecule has 0 radical (unpaired) electrons. The second-order valence-corrected chi connectivity index (χ2v) is 5.10. The molecule has 21 heavy (non-hydrogen) atoms. The van der Waals surface area contributed by atoms with Crippen LogP contribution in [0.4, 0.5) is 5.69 Å². The number of cyclic esters (lactones) is 1. The average Bonchev–Trinajstić information content (AvgIpc) is 2.36. The molecule has 7 nitrogen and oxygen atoms in total. The molecular weight excluding hydrogens is 278 g/mol. The zero-order valence-electron chi connectivity index (χ0n) is 11.6. The van der Waals surface area contributed by atoms with E-state index in [9.17, 15) is 20.0 Å². The van der Waals surface area contributed by atoms with Crippen molar-refractivity contribution in [2.24, 2.45) is 0 Å². The number of carbonyl (C=O) groups excluding carboxylic acids is 1. The molecule has 1 aliphatic rings. The van der Waals surface area contributed by atoms with Crippen LogP contribution in [0.15, 0.2) is 36.1 Å². The highest BCUT2D eigenvalue weighted by atomic mass is 16.7. The van der Waals surface area contributed by atoms with E-state index in [2.05, 4.69) is 0 Å². The van der Waals surface area contributed by atoms with Crippen molar-refractivity contribution in [3.63, 3.8) is 0 Å². The van der Waals surface area contributed by atoms with Gasteiger partial charge in [-0.1, -0.05) is 0 Å². The number of non-ortho nitro benzene ring substituents is 1. The summed E-state index contributed by atoms with van der Waals surface area (Å²) in [7, 11) is 0. The smallest absolute Gasteiger partial charge is 0.337 e. The third-order valence-corrected chi connectivity index (χ3v) is 2.89. The van der Waals surface area contributed by atoms with Gasteiger partial charge in [0.2, 0.25) is 5.79 Å². The lowest BCUT2D eigenvalue weighted by atomic mass is 10.0. The lowest BCUT2D eigenvalue weighted by molar-refractivity contribution is -0.384. The van der Waals surface area contributed by atoms with Crippen LogP contribution in [0.1, 0.15) is 31.9 Å². The van der Waals surface area contributed by atoms with Gasteiger partial charge in [0.15, 0.2) is 0 Å². The Hall–Kier alpha value is -2.41. The number of ether oxygens (including phenoxy) is 2. The number of benzene rings is 1. The molecule has 112 valence electrons. The standard InChI is InChI=1S/C14H15NO6/c1-14(2)20-11(8-13(17)21-14)7-12(16)9-3-5-10(6-4-9)15(18)19/h3-6,8,12,16H,7H2,1-2H3. The Kier molecular flexibility index (Phi) is 3.95. The van der Waals surface area contributed by atoms with Crippen LogP contribution in [0.2, 0.25) is 0 Å². The highest BCUT2D eigenvalue weighted by Crippen LogP contribution is 2.29. The number of hydrogen-bond donors (Lipinski definition) is 1. The zero-order valence-corrected chi connectivity index (χ0v) is 11.6. The first-order chi connectivity index (χ1) is 9.77. The molecule has 1 N–H and O–H groups in total. The van der Waals surface area contributed by atoms with Gasteiger partial charge in [-0.15, -0.1) is 0 Å². The summed E-state index contributed by atoms with van der Waals surface area (Å²) in [5.41, 5.74) is 0.450. The van der Waals surface area contributed by atoms with Gasteiger partial charge in [-0.05, 0) is 17.7 Å². The molecule has 1 heterocycles. The number of aliphatic hydroxyl groups is 1. The van der Waals surface area contributed by atoms with E-state index >= 15 is 0 Å². The van der Waals surface area contributed by atoms with Crippen molar-refractivity contribution < 1.29 is 24.3 Å². The zero-order chi connectivity index (χ0) is 15.6. The van der Waals surface area contributed by atoms with Crippen molar-refractivity contribution in [1.29, 1.82) is 0 Å². The number of esters is 1. The number of nitrogens with zero attached hydrogens (tertiary/aromatic N) is 1. The highest BCUT2D eigenvalue weighted by molar-refractivity contribution is 5.83. The van der Waals surface area contributed by atoms with Crippen LogP contribution >= 0.6 is 0 Å². The van der Waals surface area contributed by atoms with Gasteiger partial charge in [0, 0.05) is 32.4 Å². The Morgan fingerprint density at radius 2 is 1.90 bits per heavy atom. The minimum absolute atomic E-state index is 0.0520. The summed E-state index contributed by atoms with van der Waals surface area (Å²) in [5.74, 6) is -1.30. The van der Waals surface area contributed by atoms with Crippen LogP contribution in [0, 0.1) is 10.1 Å². The maximum Gasteiger partial charge on any atom is 0.337 e. The first kappa shape index (κ1) is 15.0. The van der Waals surface area contributed by atoms with Crippen molar-refractivity contribution in [1.82, 2.24) is 0 Å². The number of hydrogen-bond acceptors (Lipinski definition) is 6. The molecule has 0 amide bonds. The maximum absolute atomic E-state index is 11.4. The highest BCUT2D eigenvalue weighted by Gasteiger charge is 2.31. The van der Waals surface area contributed by atoms with Crippen molar-refractivity contribution in [3.05, 3.63) is 51.8 Å². The van der Waals surface area contributed by atoms with Gasteiger partial charge in [0.1, 0.15) is 5.76 Å². The molecule has 1 aromatic rings. The molecule has 1 aromatic carbocycles. The molecule has 0 aliphatic carbocycles. The van der Waals surface area contributed by atoms with Crippen molar-refractivity contribution in [3.8, 4) is 0 Å². The molecule has 1 unspecified atom stereocenters. The molecule has 0 saturated carbocycles. The SMILES string of the molecule is CC1(C)OC(=O)C=C(CC(O)c2ccc([N+](=O)[O-])cc2)O1. The van der Waals surface area contributed by atoms with Crippen LogP contribution in [0.25, 0.3) is 0 Å². The molecule has 7 heteroatoms. The first-order valence-corrected chi connectivity index (χ1v) is 6.32. The quantitative estimate of drug-likeness (QED) is 0.519. The maximum atomic E-state index is 11.4. The summed E-state index contributed by atoms with van der Waals surface area (Å²) in [5, 5.41) is 20.7. The normalized spacial score (nSPS) is 18.2. The summed E-state index contributed by atoms with van der Waals surface area (Å²) in [6.07, 6.45) is 0.328. The third kappa shape index (κ3) is 3.79. The monoisotopic (exact) mass is 293 g/mol. The summed E-state index contributed by atoms with van der Waals surface area (Å²) in [4.78, 5) is 21.4. The van der Waals surface area contributed by atoms with E-state index in [1.807, 2.05) is 0 Å². The molecule has 0 spiro atoms. The fraction of sp³-hybridized carbons (Fsp3) is 0.357. The first-order valence-electron chi connectivity index (χ1n) is 6.32. The Balaban J connectivity index is 2.09. The Labute approximate surface area is 120 Å². The Morgan fingerprint density at radius 3 is 2.43 bits per heavy atom. The lowest BCUT2D eigenvalue weighted by Gasteiger charge is -2.31. The fourth-order valence-corrected chi connectivity index (χ4v) is 2.00. The minimum Gasteiger partial charge on any atom is -0.457 e. The number of nitro groups is 1. The van der Waals surface area contributed by atoms with Gasteiger partial charge in [-0.2, -0.15) is 0 Å². The minimum atomic E-state index is -1.07. The van der Waals surface area contributed by atoms with E-state index in [1.165, 1.54) is 30.3 Å². The molecule has 1 aliphatic heterocycles. The van der Waals surface area contributed by atoms with E-state index in [-0.39, 0.29) is 12.1 Å². The van der Waals surface area contributed by atoms with Crippen molar-refractivity contribution in [2.45, 2.75) is 32.2 Å². The van der Waals surface area contributed by atoms with Crippen LogP contribution in [-0.2, 0) is 14.3 Å². The largest absolute Gasteiger partial charge is 0.457 e.